The molecule has 1 heterocycles. The number of fused-ring (bicyclic) bond motifs is 5. The highest BCUT2D eigenvalue weighted by Gasteiger charge is 2.60. The van der Waals surface area contributed by atoms with Crippen LogP contribution in [0.1, 0.15) is 136 Å². The molecule has 9 nitrogen and oxygen atoms in total. The number of aliphatic hydroxyl groups excluding tert-OH is 1. The van der Waals surface area contributed by atoms with Gasteiger partial charge in [0, 0.05) is 0 Å². The van der Waals surface area contributed by atoms with Crippen LogP contribution in [-0.2, 0) is 23.7 Å². The number of carbonyl (C=O) groups excluding carboxylic acids is 3. The summed E-state index contributed by atoms with van der Waals surface area (Å²) in [6, 6.07) is 25.5. The van der Waals surface area contributed by atoms with Gasteiger partial charge in [-0.1, -0.05) is 120 Å². The van der Waals surface area contributed by atoms with Crippen LogP contribution in [0.2, 0.25) is 0 Å². The molecular weight excluding hydrogens is 793 g/mol. The van der Waals surface area contributed by atoms with Crippen LogP contribution in [0.5, 0.6) is 0 Å². The van der Waals surface area contributed by atoms with Crippen LogP contribution < -0.4 is 0 Å². The first-order chi connectivity index (χ1) is 30.4. The van der Waals surface area contributed by atoms with E-state index in [1.807, 2.05) is 0 Å². The minimum Gasteiger partial charge on any atom is -0.459 e. The van der Waals surface area contributed by atoms with Crippen molar-refractivity contribution in [2.24, 2.45) is 46.3 Å². The van der Waals surface area contributed by atoms with Gasteiger partial charge in [0.25, 0.3) is 0 Å². The molecule has 4 aliphatic carbocycles. The number of carbonyl (C=O) groups is 3. The molecule has 1 aliphatic heterocycles. The van der Waals surface area contributed by atoms with Gasteiger partial charge in [-0.25, -0.2) is 14.4 Å². The maximum absolute atomic E-state index is 13.7. The Labute approximate surface area is 374 Å². The molecule has 3 saturated carbocycles. The molecule has 13 atom stereocenters. The predicted molar refractivity (Wildman–Crippen MR) is 241 cm³/mol. The third-order valence-electron chi connectivity index (χ3n) is 16.1. The topological polar surface area (TPSA) is 118 Å². The molecule has 5 aliphatic rings. The van der Waals surface area contributed by atoms with Crippen LogP contribution in [0.4, 0.5) is 0 Å². The van der Waals surface area contributed by atoms with E-state index in [4.69, 9.17) is 23.7 Å². The van der Waals surface area contributed by atoms with Crippen LogP contribution in [0, 0.1) is 46.3 Å². The number of hydrogen-bond donors (Lipinski definition) is 1. The second-order valence-corrected chi connectivity index (χ2v) is 20.3. The van der Waals surface area contributed by atoms with Crippen LogP contribution in [-0.4, -0.2) is 66.4 Å². The van der Waals surface area contributed by atoms with Gasteiger partial charge in [-0.3, -0.25) is 0 Å². The Kier molecular flexibility index (Phi) is 14.0. The normalized spacial score (nSPS) is 34.1. The molecule has 0 spiro atoms. The molecule has 0 bridgehead atoms. The molecule has 3 aromatic carbocycles. The largest absolute Gasteiger partial charge is 0.459 e. The Bertz CT molecular complexity index is 2050. The van der Waals surface area contributed by atoms with Crippen molar-refractivity contribution in [3.8, 4) is 0 Å². The van der Waals surface area contributed by atoms with Gasteiger partial charge in [-0.15, -0.1) is 0 Å². The minimum absolute atomic E-state index is 0.0715. The van der Waals surface area contributed by atoms with E-state index in [0.717, 1.165) is 42.9 Å². The van der Waals surface area contributed by atoms with Gasteiger partial charge in [-0.05, 0) is 134 Å². The molecule has 338 valence electrons. The smallest absolute Gasteiger partial charge is 0.338 e. The Hall–Kier alpha value is -4.31. The average molecular weight is 861 g/mol. The lowest BCUT2D eigenvalue weighted by Crippen LogP contribution is -2.62. The van der Waals surface area contributed by atoms with Crippen LogP contribution in [0.3, 0.4) is 0 Å². The number of esters is 3. The van der Waals surface area contributed by atoms with Gasteiger partial charge in [-0.2, -0.15) is 0 Å². The zero-order chi connectivity index (χ0) is 44.3. The summed E-state index contributed by atoms with van der Waals surface area (Å²) < 4.78 is 31.2. The zero-order valence-corrected chi connectivity index (χ0v) is 37.9. The number of rotatable bonds is 14. The summed E-state index contributed by atoms with van der Waals surface area (Å²) >= 11 is 0. The summed E-state index contributed by atoms with van der Waals surface area (Å²) in [5.74, 6) is 2.42. The van der Waals surface area contributed by atoms with E-state index in [0.29, 0.717) is 29.2 Å². The van der Waals surface area contributed by atoms with E-state index in [9.17, 15) is 19.5 Å². The first-order valence-corrected chi connectivity index (χ1v) is 23.8. The monoisotopic (exact) mass is 860 g/mol. The lowest BCUT2D eigenvalue weighted by atomic mass is 9.47. The SMILES string of the molecule is CC(C)CCC[C@@H](C)[C@H]1CC[C@H]2[C@@H]3CC=C4C[C@@H](O[C@@H]5O[C@H](COC(=O)c6ccccc6)[C@@H](OC(=O)c6ccccc6)[C@H](O)[C@H]5OC(=O)c5ccccc5)CC[C@]4(C)[C@H]3CC[C@]12C. The molecular formula is C54H68O9. The molecule has 0 aromatic heterocycles. The van der Waals surface area contributed by atoms with E-state index in [-0.39, 0.29) is 29.3 Å². The zero-order valence-electron chi connectivity index (χ0n) is 37.9. The van der Waals surface area contributed by atoms with Gasteiger partial charge in [0.15, 0.2) is 18.5 Å². The highest BCUT2D eigenvalue weighted by molar-refractivity contribution is 5.90. The van der Waals surface area contributed by atoms with Crippen molar-refractivity contribution in [1.82, 2.24) is 0 Å². The van der Waals surface area contributed by atoms with Crippen molar-refractivity contribution in [3.63, 3.8) is 0 Å². The van der Waals surface area contributed by atoms with Gasteiger partial charge < -0.3 is 28.8 Å². The second kappa shape index (κ2) is 19.4. The highest BCUT2D eigenvalue weighted by Crippen LogP contribution is 2.67. The lowest BCUT2D eigenvalue weighted by Gasteiger charge is -2.58. The fourth-order valence-electron chi connectivity index (χ4n) is 12.7. The number of hydrogen-bond acceptors (Lipinski definition) is 9. The minimum atomic E-state index is -1.59. The number of ether oxygens (including phenoxy) is 5. The summed E-state index contributed by atoms with van der Waals surface area (Å²) in [7, 11) is 0. The maximum atomic E-state index is 13.7. The molecule has 4 fully saturated rings. The van der Waals surface area contributed by atoms with E-state index < -0.39 is 48.6 Å². The summed E-state index contributed by atoms with van der Waals surface area (Å²) in [6.45, 7) is 12.0. The maximum Gasteiger partial charge on any atom is 0.338 e. The first-order valence-electron chi connectivity index (χ1n) is 23.8. The van der Waals surface area contributed by atoms with Crippen LogP contribution >= 0.6 is 0 Å². The van der Waals surface area contributed by atoms with Crippen molar-refractivity contribution in [2.45, 2.75) is 142 Å². The molecule has 1 saturated heterocycles. The van der Waals surface area contributed by atoms with Crippen molar-refractivity contribution >= 4 is 17.9 Å². The van der Waals surface area contributed by atoms with Crippen LogP contribution in [0.25, 0.3) is 0 Å². The van der Waals surface area contributed by atoms with Crippen molar-refractivity contribution in [3.05, 3.63) is 119 Å². The average Bonchev–Trinajstić information content (AvgIpc) is 3.66. The Morgan fingerprint density at radius 3 is 1.95 bits per heavy atom. The van der Waals surface area contributed by atoms with Gasteiger partial charge in [0.05, 0.1) is 22.8 Å². The molecule has 9 heteroatoms. The second-order valence-electron chi connectivity index (χ2n) is 20.3. The number of aliphatic hydroxyl groups is 1. The Morgan fingerprint density at radius 1 is 0.730 bits per heavy atom. The third-order valence-corrected chi connectivity index (χ3v) is 16.1. The Balaban J connectivity index is 1.01. The molecule has 0 radical (unpaired) electrons. The molecule has 3 aromatic rings. The standard InChI is InChI=1S/C54H68O9/c1-34(2)16-15-17-35(3)42-26-27-43-41-25-24-39-32-40(28-30-53(39,4)44(41)29-31-54(42,43)5)60-52-48(63-51(58)38-22-13-8-14-23-38)46(55)47(62-50(57)37-20-11-7-12-21-37)45(61-52)33-59-49(56)36-18-9-6-10-19-36/h6-14,18-24,34-35,40-48,52,55H,15-17,25-33H2,1-5H3/t35-,40+,41+,42-,43+,44+,45-,46+,47-,48-,52-,53+,54-/m1/s1. The summed E-state index contributed by atoms with van der Waals surface area (Å²) in [6.07, 6.45) is 8.29. The first kappa shape index (κ1) is 45.3. The fraction of sp³-hybridized carbons (Fsp3) is 0.574. The van der Waals surface area contributed by atoms with Crippen molar-refractivity contribution in [1.29, 1.82) is 0 Å². The lowest BCUT2D eigenvalue weighted by molar-refractivity contribution is -0.311. The van der Waals surface area contributed by atoms with Crippen LogP contribution in [0.15, 0.2) is 103 Å². The molecule has 1 N–H and O–H groups in total. The summed E-state index contributed by atoms with van der Waals surface area (Å²) in [5, 5.41) is 12.2. The Morgan fingerprint density at radius 2 is 1.33 bits per heavy atom. The van der Waals surface area contributed by atoms with E-state index in [2.05, 4.69) is 40.7 Å². The van der Waals surface area contributed by atoms with Crippen molar-refractivity contribution < 1.29 is 43.2 Å². The fourth-order valence-corrected chi connectivity index (χ4v) is 12.7. The van der Waals surface area contributed by atoms with E-state index in [1.54, 1.807) is 91.0 Å². The number of allylic oxidation sites excluding steroid dienone is 1. The third kappa shape index (κ3) is 9.58. The van der Waals surface area contributed by atoms with Gasteiger partial charge in [0.1, 0.15) is 18.8 Å². The summed E-state index contributed by atoms with van der Waals surface area (Å²) in [4.78, 5) is 40.4. The molecule has 63 heavy (non-hydrogen) atoms. The molecule has 0 amide bonds. The molecule has 8 rings (SSSR count). The van der Waals surface area contributed by atoms with Gasteiger partial charge in [0.2, 0.25) is 0 Å². The van der Waals surface area contributed by atoms with E-state index in [1.165, 1.54) is 50.5 Å². The quantitative estimate of drug-likeness (QED) is 0.0960. The van der Waals surface area contributed by atoms with Crippen molar-refractivity contribution in [2.75, 3.05) is 6.61 Å². The summed E-state index contributed by atoms with van der Waals surface area (Å²) in [5.41, 5.74) is 2.79. The molecule has 0 unspecified atom stereocenters. The van der Waals surface area contributed by atoms with Gasteiger partial charge >= 0.3 is 17.9 Å². The highest BCUT2D eigenvalue weighted by atomic mass is 16.7. The number of benzene rings is 3. The van der Waals surface area contributed by atoms with E-state index >= 15 is 0 Å². The predicted octanol–water partition coefficient (Wildman–Crippen LogP) is 10.8.